The van der Waals surface area contributed by atoms with E-state index < -0.39 is 7.82 Å². The highest BCUT2D eigenvalue weighted by molar-refractivity contribution is 7.48. The van der Waals surface area contributed by atoms with Crippen molar-refractivity contribution in [1.29, 1.82) is 0 Å². The molecule has 0 N–H and O–H groups in total. The Morgan fingerprint density at radius 2 is 1.72 bits per heavy atom. The molecule has 6 nitrogen and oxygen atoms in total. The highest BCUT2D eigenvalue weighted by Gasteiger charge is 2.22. The van der Waals surface area contributed by atoms with Crippen molar-refractivity contribution in [3.8, 4) is 5.75 Å². The average molecular weight is 274 g/mol. The van der Waals surface area contributed by atoms with Crippen molar-refractivity contribution in [3.63, 3.8) is 0 Å². The second-order valence-electron chi connectivity index (χ2n) is 3.18. The van der Waals surface area contributed by atoms with Crippen LogP contribution < -0.4 is 4.74 Å². The SMILES string of the molecule is COP(=O)(OC)OCCOc1ccc(C=O)cc1. The lowest BCUT2D eigenvalue weighted by Gasteiger charge is -2.13. The summed E-state index contributed by atoms with van der Waals surface area (Å²) in [5.41, 5.74) is 0.571. The molecule has 1 aromatic rings. The lowest BCUT2D eigenvalue weighted by Crippen LogP contribution is -2.06. The van der Waals surface area contributed by atoms with Crippen molar-refractivity contribution in [2.45, 2.75) is 0 Å². The number of aldehydes is 1. The Bertz CT molecular complexity index is 408. The summed E-state index contributed by atoms with van der Waals surface area (Å²) in [6.45, 7) is 0.255. The van der Waals surface area contributed by atoms with E-state index in [4.69, 9.17) is 9.26 Å². The van der Waals surface area contributed by atoms with E-state index in [0.717, 1.165) is 6.29 Å². The summed E-state index contributed by atoms with van der Waals surface area (Å²) in [5.74, 6) is 0.592. The van der Waals surface area contributed by atoms with Gasteiger partial charge in [0.25, 0.3) is 0 Å². The van der Waals surface area contributed by atoms with Crippen LogP contribution in [0.1, 0.15) is 10.4 Å². The van der Waals surface area contributed by atoms with Gasteiger partial charge < -0.3 is 4.74 Å². The van der Waals surface area contributed by atoms with E-state index in [9.17, 15) is 9.36 Å². The molecule has 0 bridgehead atoms. The number of hydrogen-bond donors (Lipinski definition) is 0. The van der Waals surface area contributed by atoms with Crippen LogP contribution in [0.2, 0.25) is 0 Å². The molecule has 0 aliphatic carbocycles. The number of benzene rings is 1. The second-order valence-corrected chi connectivity index (χ2v) is 5.06. The third-order valence-corrected chi connectivity index (χ3v) is 3.46. The first kappa shape index (κ1) is 14.9. The quantitative estimate of drug-likeness (QED) is 0.411. The standard InChI is InChI=1S/C11H15O6P/c1-14-18(13,15-2)17-8-7-16-11-5-3-10(9-12)4-6-11/h3-6,9H,7-8H2,1-2H3. The Morgan fingerprint density at radius 1 is 1.11 bits per heavy atom. The van der Waals surface area contributed by atoms with E-state index in [2.05, 4.69) is 9.05 Å². The van der Waals surface area contributed by atoms with Gasteiger partial charge in [0.05, 0.1) is 6.61 Å². The number of carbonyl (C=O) groups excluding carboxylic acids is 1. The van der Waals surface area contributed by atoms with Gasteiger partial charge in [-0.2, -0.15) is 0 Å². The van der Waals surface area contributed by atoms with E-state index in [1.165, 1.54) is 14.2 Å². The molecule has 0 amide bonds. The van der Waals surface area contributed by atoms with Crippen molar-refractivity contribution >= 4 is 14.1 Å². The predicted molar refractivity (Wildman–Crippen MR) is 64.9 cm³/mol. The molecule has 1 rings (SSSR count). The molecule has 0 spiro atoms. The summed E-state index contributed by atoms with van der Waals surface area (Å²) < 4.78 is 30.9. The second kappa shape index (κ2) is 7.28. The normalized spacial score (nSPS) is 11.2. The zero-order valence-corrected chi connectivity index (χ0v) is 11.1. The molecule has 0 heterocycles. The van der Waals surface area contributed by atoms with Crippen molar-refractivity contribution in [3.05, 3.63) is 29.8 Å². The predicted octanol–water partition coefficient (Wildman–Crippen LogP) is 2.30. The summed E-state index contributed by atoms with van der Waals surface area (Å²) in [5, 5.41) is 0. The minimum atomic E-state index is -3.44. The van der Waals surface area contributed by atoms with Crippen LogP contribution in [0.25, 0.3) is 0 Å². The zero-order valence-electron chi connectivity index (χ0n) is 10.2. The first-order valence-electron chi connectivity index (χ1n) is 5.17. The lowest BCUT2D eigenvalue weighted by atomic mass is 10.2. The molecule has 0 saturated carbocycles. The van der Waals surface area contributed by atoms with Crippen molar-refractivity contribution in [2.24, 2.45) is 0 Å². The zero-order chi connectivity index (χ0) is 13.4. The van der Waals surface area contributed by atoms with Crippen LogP contribution in [-0.2, 0) is 18.1 Å². The van der Waals surface area contributed by atoms with Crippen molar-refractivity contribution in [2.75, 3.05) is 27.4 Å². The van der Waals surface area contributed by atoms with E-state index in [-0.39, 0.29) is 13.2 Å². The maximum absolute atomic E-state index is 11.5. The first-order chi connectivity index (χ1) is 8.63. The smallest absolute Gasteiger partial charge is 0.474 e. The third kappa shape index (κ3) is 4.58. The molecular weight excluding hydrogens is 259 g/mol. The molecule has 0 unspecified atom stereocenters. The number of carbonyl (C=O) groups is 1. The maximum Gasteiger partial charge on any atom is 0.474 e. The average Bonchev–Trinajstić information content (AvgIpc) is 2.44. The summed E-state index contributed by atoms with van der Waals surface area (Å²) >= 11 is 0. The van der Waals surface area contributed by atoms with Gasteiger partial charge in [0.15, 0.2) is 0 Å². The number of rotatable bonds is 8. The van der Waals surface area contributed by atoms with E-state index in [1.54, 1.807) is 24.3 Å². The molecule has 0 aromatic heterocycles. The van der Waals surface area contributed by atoms with Gasteiger partial charge in [-0.25, -0.2) is 4.57 Å². The molecular formula is C11H15O6P. The van der Waals surface area contributed by atoms with Gasteiger partial charge in [-0.05, 0) is 24.3 Å². The maximum atomic E-state index is 11.5. The Kier molecular flexibility index (Phi) is 6.01. The van der Waals surface area contributed by atoms with E-state index in [1.807, 2.05) is 0 Å². The van der Waals surface area contributed by atoms with Crippen LogP contribution in [0.5, 0.6) is 5.75 Å². The molecule has 0 atom stereocenters. The lowest BCUT2D eigenvalue weighted by molar-refractivity contribution is 0.112. The van der Waals surface area contributed by atoms with Gasteiger partial charge in [0.2, 0.25) is 0 Å². The summed E-state index contributed by atoms with van der Waals surface area (Å²) in [7, 11) is -0.963. The van der Waals surface area contributed by atoms with E-state index >= 15 is 0 Å². The van der Waals surface area contributed by atoms with Crippen LogP contribution in [0.3, 0.4) is 0 Å². The number of phosphoric acid groups is 1. The fraction of sp³-hybridized carbons (Fsp3) is 0.364. The van der Waals surface area contributed by atoms with Gasteiger partial charge in [0, 0.05) is 19.8 Å². The summed E-state index contributed by atoms with van der Waals surface area (Å²) in [6.07, 6.45) is 0.750. The molecule has 0 aliphatic rings. The molecule has 0 aliphatic heterocycles. The molecule has 0 radical (unpaired) electrons. The molecule has 18 heavy (non-hydrogen) atoms. The topological polar surface area (TPSA) is 71.1 Å². The van der Waals surface area contributed by atoms with Crippen molar-refractivity contribution < 1.29 is 27.7 Å². The minimum Gasteiger partial charge on any atom is -0.491 e. The first-order valence-corrected chi connectivity index (χ1v) is 6.63. The van der Waals surface area contributed by atoms with Gasteiger partial charge in [-0.1, -0.05) is 0 Å². The van der Waals surface area contributed by atoms with E-state index in [0.29, 0.717) is 11.3 Å². The summed E-state index contributed by atoms with van der Waals surface area (Å²) in [6, 6.07) is 6.60. The number of ether oxygens (including phenoxy) is 1. The minimum absolute atomic E-state index is 0.0639. The number of phosphoric ester groups is 1. The summed E-state index contributed by atoms with van der Waals surface area (Å²) in [4.78, 5) is 10.4. The van der Waals surface area contributed by atoms with Crippen LogP contribution in [0.4, 0.5) is 0 Å². The van der Waals surface area contributed by atoms with Gasteiger partial charge >= 0.3 is 7.82 Å². The largest absolute Gasteiger partial charge is 0.491 e. The number of hydrogen-bond acceptors (Lipinski definition) is 6. The van der Waals surface area contributed by atoms with Gasteiger partial charge in [-0.15, -0.1) is 0 Å². The molecule has 1 aromatic carbocycles. The Balaban J connectivity index is 2.33. The van der Waals surface area contributed by atoms with Gasteiger partial charge in [-0.3, -0.25) is 18.4 Å². The third-order valence-electron chi connectivity index (χ3n) is 2.06. The Hall–Kier alpha value is -1.20. The highest BCUT2D eigenvalue weighted by Crippen LogP contribution is 2.47. The van der Waals surface area contributed by atoms with Crippen LogP contribution in [-0.4, -0.2) is 33.7 Å². The van der Waals surface area contributed by atoms with Crippen LogP contribution in [0.15, 0.2) is 24.3 Å². The van der Waals surface area contributed by atoms with Gasteiger partial charge in [0.1, 0.15) is 18.6 Å². The monoisotopic (exact) mass is 274 g/mol. The molecule has 7 heteroatoms. The molecule has 0 fully saturated rings. The fourth-order valence-corrected chi connectivity index (χ4v) is 1.79. The fourth-order valence-electron chi connectivity index (χ4n) is 1.13. The highest BCUT2D eigenvalue weighted by atomic mass is 31.2. The molecule has 0 saturated heterocycles. The van der Waals surface area contributed by atoms with Crippen LogP contribution in [0, 0.1) is 0 Å². The Morgan fingerprint density at radius 3 is 2.22 bits per heavy atom. The van der Waals surface area contributed by atoms with Crippen LogP contribution >= 0.6 is 7.82 Å². The molecule has 100 valence electrons. The van der Waals surface area contributed by atoms with Crippen molar-refractivity contribution in [1.82, 2.24) is 0 Å². The Labute approximate surface area is 105 Å².